The summed E-state index contributed by atoms with van der Waals surface area (Å²) < 4.78 is 0. The number of rotatable bonds is 0. The number of anilines is 1. The Bertz CT molecular complexity index is 378. The van der Waals surface area contributed by atoms with Gasteiger partial charge in [0.15, 0.2) is 5.78 Å². The first kappa shape index (κ1) is 8.91. The van der Waals surface area contributed by atoms with Gasteiger partial charge < -0.3 is 5.73 Å². The maximum Gasteiger partial charge on any atom is 0.164 e. The molecule has 1 heterocycles. The largest absolute Gasteiger partial charge is 0.399 e. The second-order valence-corrected chi connectivity index (χ2v) is 4.41. The summed E-state index contributed by atoms with van der Waals surface area (Å²) in [6.45, 7) is 0. The third-order valence-electron chi connectivity index (χ3n) is 1.94. The summed E-state index contributed by atoms with van der Waals surface area (Å²) >= 11 is 7.58. The Hall–Kier alpha value is -0.670. The van der Waals surface area contributed by atoms with Crippen LogP contribution in [0.15, 0.2) is 17.0 Å². The van der Waals surface area contributed by atoms with Crippen LogP contribution in [-0.2, 0) is 0 Å². The molecular weight excluding hydrogens is 206 g/mol. The van der Waals surface area contributed by atoms with Crippen molar-refractivity contribution < 1.29 is 4.79 Å². The number of Topliss-reactive ketones (excluding diaryl/α,β-unsaturated/α-hetero) is 1. The van der Waals surface area contributed by atoms with E-state index in [1.165, 1.54) is 0 Å². The number of hydrogen-bond donors (Lipinski definition) is 1. The Labute approximate surface area is 85.4 Å². The topological polar surface area (TPSA) is 43.1 Å². The van der Waals surface area contributed by atoms with E-state index in [1.54, 1.807) is 23.9 Å². The fourth-order valence-corrected chi connectivity index (χ4v) is 2.76. The number of fused-ring (bicyclic) bond motifs is 1. The summed E-state index contributed by atoms with van der Waals surface area (Å²) in [7, 11) is 0. The maximum absolute atomic E-state index is 11.5. The molecule has 0 saturated carbocycles. The van der Waals surface area contributed by atoms with Crippen molar-refractivity contribution in [3.8, 4) is 0 Å². The molecule has 0 aliphatic carbocycles. The molecule has 13 heavy (non-hydrogen) atoms. The molecule has 0 fully saturated rings. The maximum atomic E-state index is 11.5. The average Bonchev–Trinajstić information content (AvgIpc) is 2.07. The van der Waals surface area contributed by atoms with E-state index < -0.39 is 0 Å². The minimum Gasteiger partial charge on any atom is -0.399 e. The van der Waals surface area contributed by atoms with Crippen LogP contribution in [0.2, 0.25) is 5.02 Å². The van der Waals surface area contributed by atoms with Gasteiger partial charge >= 0.3 is 0 Å². The van der Waals surface area contributed by atoms with Crippen LogP contribution in [0, 0.1) is 0 Å². The zero-order chi connectivity index (χ0) is 9.42. The quantitative estimate of drug-likeness (QED) is 0.674. The molecule has 2 rings (SSSR count). The van der Waals surface area contributed by atoms with E-state index in [2.05, 4.69) is 0 Å². The molecule has 0 spiro atoms. The zero-order valence-electron chi connectivity index (χ0n) is 6.84. The second kappa shape index (κ2) is 3.24. The highest BCUT2D eigenvalue weighted by Gasteiger charge is 2.20. The normalized spacial score (nSPS) is 15.6. The van der Waals surface area contributed by atoms with E-state index in [1.807, 2.05) is 0 Å². The summed E-state index contributed by atoms with van der Waals surface area (Å²) in [5, 5.41) is 0.591. The van der Waals surface area contributed by atoms with Crippen LogP contribution in [-0.4, -0.2) is 11.5 Å². The van der Waals surface area contributed by atoms with Crippen molar-refractivity contribution >= 4 is 34.8 Å². The number of benzene rings is 1. The first-order chi connectivity index (χ1) is 6.18. The van der Waals surface area contributed by atoms with Crippen LogP contribution >= 0.6 is 23.4 Å². The van der Waals surface area contributed by atoms with E-state index in [4.69, 9.17) is 17.3 Å². The van der Waals surface area contributed by atoms with Crippen molar-refractivity contribution in [2.24, 2.45) is 0 Å². The monoisotopic (exact) mass is 213 g/mol. The molecule has 0 aromatic heterocycles. The molecule has 2 N–H and O–H groups in total. The van der Waals surface area contributed by atoms with Crippen molar-refractivity contribution in [2.75, 3.05) is 11.5 Å². The van der Waals surface area contributed by atoms with Crippen LogP contribution < -0.4 is 5.73 Å². The molecule has 0 amide bonds. The number of carbonyl (C=O) groups is 1. The van der Waals surface area contributed by atoms with Crippen LogP contribution in [0.25, 0.3) is 0 Å². The van der Waals surface area contributed by atoms with Crippen molar-refractivity contribution in [2.45, 2.75) is 11.3 Å². The van der Waals surface area contributed by atoms with Gasteiger partial charge in [-0.05, 0) is 12.1 Å². The van der Waals surface area contributed by atoms with Crippen LogP contribution in [0.3, 0.4) is 0 Å². The molecule has 0 atom stereocenters. The third-order valence-corrected chi connectivity index (χ3v) is 3.49. The van der Waals surface area contributed by atoms with Gasteiger partial charge in [-0.3, -0.25) is 4.79 Å². The van der Waals surface area contributed by atoms with Crippen LogP contribution in [0.4, 0.5) is 5.69 Å². The minimum absolute atomic E-state index is 0.142. The summed E-state index contributed by atoms with van der Waals surface area (Å²) in [6, 6.07) is 3.39. The molecule has 1 aliphatic rings. The van der Waals surface area contributed by atoms with Crippen molar-refractivity contribution in [1.82, 2.24) is 0 Å². The molecule has 1 aliphatic heterocycles. The molecule has 2 nitrogen and oxygen atoms in total. The van der Waals surface area contributed by atoms with Gasteiger partial charge in [0.2, 0.25) is 0 Å². The van der Waals surface area contributed by atoms with Gasteiger partial charge in [-0.1, -0.05) is 11.6 Å². The SMILES string of the molecule is Nc1cc(Cl)c2c(c1)C(=O)CCS2. The van der Waals surface area contributed by atoms with Crippen molar-refractivity contribution in [3.05, 3.63) is 22.7 Å². The smallest absolute Gasteiger partial charge is 0.164 e. The van der Waals surface area contributed by atoms with E-state index in [0.717, 1.165) is 10.6 Å². The van der Waals surface area contributed by atoms with E-state index in [9.17, 15) is 4.79 Å². The zero-order valence-corrected chi connectivity index (χ0v) is 8.41. The Morgan fingerprint density at radius 2 is 2.23 bits per heavy atom. The summed E-state index contributed by atoms with van der Waals surface area (Å²) in [4.78, 5) is 12.3. The van der Waals surface area contributed by atoms with Gasteiger partial charge in [0.1, 0.15) is 0 Å². The third kappa shape index (κ3) is 1.54. The molecule has 4 heteroatoms. The number of ketones is 1. The predicted molar refractivity (Wildman–Crippen MR) is 55.5 cm³/mol. The summed E-state index contributed by atoms with van der Waals surface area (Å²) in [6.07, 6.45) is 0.581. The van der Waals surface area contributed by atoms with Gasteiger partial charge in [-0.15, -0.1) is 11.8 Å². The summed E-state index contributed by atoms with van der Waals surface area (Å²) in [5.74, 6) is 0.957. The number of nitrogens with two attached hydrogens (primary N) is 1. The van der Waals surface area contributed by atoms with Crippen molar-refractivity contribution in [3.63, 3.8) is 0 Å². The highest BCUT2D eigenvalue weighted by atomic mass is 35.5. The fourth-order valence-electron chi connectivity index (χ4n) is 1.35. The van der Waals surface area contributed by atoms with Gasteiger partial charge in [0.05, 0.1) is 5.02 Å². The van der Waals surface area contributed by atoms with Gasteiger partial charge in [-0.2, -0.15) is 0 Å². The number of thioether (sulfide) groups is 1. The number of carbonyl (C=O) groups excluding carboxylic acids is 1. The minimum atomic E-state index is 0.142. The van der Waals surface area contributed by atoms with E-state index >= 15 is 0 Å². The molecule has 0 unspecified atom stereocenters. The first-order valence-corrected chi connectivity index (χ1v) is 5.30. The molecule has 0 bridgehead atoms. The second-order valence-electron chi connectivity index (χ2n) is 2.90. The molecule has 0 radical (unpaired) electrons. The average molecular weight is 214 g/mol. The number of halogens is 1. The highest BCUT2D eigenvalue weighted by molar-refractivity contribution is 7.99. The number of nitrogen functional groups attached to an aromatic ring is 1. The van der Waals surface area contributed by atoms with E-state index in [-0.39, 0.29) is 5.78 Å². The van der Waals surface area contributed by atoms with Crippen LogP contribution in [0.5, 0.6) is 0 Å². The summed E-state index contributed by atoms with van der Waals surface area (Å²) in [5.41, 5.74) is 6.84. The van der Waals surface area contributed by atoms with Gasteiger partial charge in [0, 0.05) is 28.3 Å². The van der Waals surface area contributed by atoms with Gasteiger partial charge in [0.25, 0.3) is 0 Å². The Morgan fingerprint density at radius 1 is 1.46 bits per heavy atom. The first-order valence-electron chi connectivity index (χ1n) is 3.93. The standard InChI is InChI=1S/C9H8ClNOS/c10-7-4-5(11)3-6-8(12)1-2-13-9(6)7/h3-4H,1-2,11H2. The molecule has 0 saturated heterocycles. The van der Waals surface area contributed by atoms with E-state index in [0.29, 0.717) is 22.7 Å². The van der Waals surface area contributed by atoms with Gasteiger partial charge in [-0.25, -0.2) is 0 Å². The molecule has 1 aromatic rings. The molecular formula is C9H8ClNOS. The lowest BCUT2D eigenvalue weighted by Gasteiger charge is -2.15. The Kier molecular flexibility index (Phi) is 2.22. The fraction of sp³-hybridized carbons (Fsp3) is 0.222. The van der Waals surface area contributed by atoms with Crippen molar-refractivity contribution in [1.29, 1.82) is 0 Å². The lowest BCUT2D eigenvalue weighted by molar-refractivity contribution is 0.0985. The Balaban J connectivity index is 2.63. The highest BCUT2D eigenvalue weighted by Crippen LogP contribution is 2.37. The number of hydrogen-bond acceptors (Lipinski definition) is 3. The van der Waals surface area contributed by atoms with Crippen LogP contribution in [0.1, 0.15) is 16.8 Å². The Morgan fingerprint density at radius 3 is 3.00 bits per heavy atom. The lowest BCUT2D eigenvalue weighted by Crippen LogP contribution is -2.09. The lowest BCUT2D eigenvalue weighted by atomic mass is 10.1. The molecule has 68 valence electrons. The predicted octanol–water partition coefficient (Wildman–Crippen LogP) is 2.60. The molecule has 1 aromatic carbocycles.